The highest BCUT2D eigenvalue weighted by atomic mass is 32.2. The van der Waals surface area contributed by atoms with Crippen molar-refractivity contribution in [3.63, 3.8) is 0 Å². The van der Waals surface area contributed by atoms with E-state index in [1.807, 2.05) is 0 Å². The Labute approximate surface area is 116 Å². The summed E-state index contributed by atoms with van der Waals surface area (Å²) in [6, 6.07) is 0. The fourth-order valence-corrected chi connectivity index (χ4v) is 7.80. The summed E-state index contributed by atoms with van der Waals surface area (Å²) in [5.74, 6) is 0.820. The predicted octanol–water partition coefficient (Wildman–Crippen LogP) is 1.66. The van der Waals surface area contributed by atoms with E-state index in [-0.39, 0.29) is 16.9 Å². The Balaban J connectivity index is 2.39. The van der Waals surface area contributed by atoms with Crippen LogP contribution in [-0.4, -0.2) is 38.8 Å². The van der Waals surface area contributed by atoms with Gasteiger partial charge in [-0.1, -0.05) is 27.7 Å². The fourth-order valence-electron chi connectivity index (χ4n) is 3.78. The zero-order valence-electron chi connectivity index (χ0n) is 12.1. The molecule has 0 radical (unpaired) electrons. The van der Waals surface area contributed by atoms with Gasteiger partial charge in [-0.2, -0.15) is 0 Å². The molecule has 0 unspecified atom stereocenters. The molecule has 2 aliphatic rings. The Hall–Kier alpha value is -0.100. The summed E-state index contributed by atoms with van der Waals surface area (Å²) in [5.41, 5.74) is 0.111. The monoisotopic (exact) mass is 308 g/mol. The summed E-state index contributed by atoms with van der Waals surface area (Å²) < 4.78 is 49.0. The molecule has 112 valence electrons. The Morgan fingerprint density at radius 3 is 1.42 bits per heavy atom. The fraction of sp³-hybridized carbons (Fsp3) is 1.00. The zero-order chi connectivity index (χ0) is 14.6. The topological polar surface area (TPSA) is 68.3 Å². The lowest BCUT2D eigenvalue weighted by atomic mass is 10.00. The summed E-state index contributed by atoms with van der Waals surface area (Å²) in [5, 5.41) is -1.38. The van der Waals surface area contributed by atoms with Gasteiger partial charge in [0.15, 0.2) is 19.7 Å². The minimum atomic E-state index is -3.30. The molecule has 4 atom stereocenters. The number of rotatable bonds is 4. The average molecular weight is 308 g/mol. The van der Waals surface area contributed by atoms with Gasteiger partial charge in [-0.15, -0.1) is 0 Å². The maximum Gasteiger partial charge on any atom is 0.154 e. The molecule has 2 saturated carbocycles. The molecule has 0 spiro atoms. The van der Waals surface area contributed by atoms with E-state index in [0.717, 1.165) is 0 Å². The lowest BCUT2D eigenvalue weighted by molar-refractivity contribution is 0.454. The first-order valence-electron chi connectivity index (χ1n) is 7.01. The average Bonchev–Trinajstić information content (AvgIpc) is 2.90. The van der Waals surface area contributed by atoms with Crippen molar-refractivity contribution >= 4 is 19.7 Å². The van der Waals surface area contributed by atoms with Gasteiger partial charge < -0.3 is 0 Å². The standard InChI is InChI=1S/C13H24O4S2/c1-5-18(14,15)11-7-9-10(13(9,3)4)8-12(11)19(16,17)6-2/h9-12H,5-8H2,1-4H3/t9-,10+,11-,12-/m1/s1. The minimum Gasteiger partial charge on any atom is -0.229 e. The van der Waals surface area contributed by atoms with Crippen LogP contribution in [0.25, 0.3) is 0 Å². The van der Waals surface area contributed by atoms with E-state index < -0.39 is 30.2 Å². The Bertz CT molecular complexity index is 509. The van der Waals surface area contributed by atoms with E-state index in [9.17, 15) is 16.8 Å². The van der Waals surface area contributed by atoms with Crippen molar-refractivity contribution in [1.82, 2.24) is 0 Å². The van der Waals surface area contributed by atoms with Gasteiger partial charge in [-0.3, -0.25) is 0 Å². The van der Waals surface area contributed by atoms with Gasteiger partial charge in [-0.05, 0) is 30.1 Å². The highest BCUT2D eigenvalue weighted by molar-refractivity contribution is 7.96. The van der Waals surface area contributed by atoms with Gasteiger partial charge >= 0.3 is 0 Å². The molecular formula is C13H24O4S2. The van der Waals surface area contributed by atoms with Crippen LogP contribution in [0.4, 0.5) is 0 Å². The number of hydrogen-bond acceptors (Lipinski definition) is 4. The first-order valence-corrected chi connectivity index (χ1v) is 10.4. The Morgan fingerprint density at radius 1 is 0.842 bits per heavy atom. The van der Waals surface area contributed by atoms with E-state index in [4.69, 9.17) is 0 Å². The van der Waals surface area contributed by atoms with Crippen LogP contribution in [0.15, 0.2) is 0 Å². The van der Waals surface area contributed by atoms with Gasteiger partial charge in [0, 0.05) is 11.5 Å². The highest BCUT2D eigenvalue weighted by Crippen LogP contribution is 2.66. The molecule has 0 saturated heterocycles. The molecule has 0 N–H and O–H groups in total. The molecule has 0 amide bonds. The lowest BCUT2D eigenvalue weighted by Gasteiger charge is -2.29. The maximum atomic E-state index is 12.2. The number of sulfone groups is 2. The molecule has 2 aliphatic carbocycles. The highest BCUT2D eigenvalue weighted by Gasteiger charge is 2.64. The molecule has 0 aliphatic heterocycles. The van der Waals surface area contributed by atoms with Crippen LogP contribution in [0.2, 0.25) is 0 Å². The summed E-state index contributed by atoms with van der Waals surface area (Å²) in [7, 11) is -6.60. The summed E-state index contributed by atoms with van der Waals surface area (Å²) in [6.07, 6.45) is 1.05. The third kappa shape index (κ3) is 2.35. The molecular weight excluding hydrogens is 284 g/mol. The first kappa shape index (κ1) is 15.3. The van der Waals surface area contributed by atoms with Crippen LogP contribution in [0.3, 0.4) is 0 Å². The van der Waals surface area contributed by atoms with Crippen molar-refractivity contribution in [3.8, 4) is 0 Å². The van der Waals surface area contributed by atoms with Gasteiger partial charge in [0.1, 0.15) is 0 Å². The molecule has 0 aromatic carbocycles. The second-order valence-electron chi connectivity index (χ2n) is 6.49. The molecule has 2 rings (SSSR count). The number of hydrogen-bond donors (Lipinski definition) is 0. The third-order valence-corrected chi connectivity index (χ3v) is 10.1. The van der Waals surface area contributed by atoms with Gasteiger partial charge in [0.2, 0.25) is 0 Å². The third-order valence-electron chi connectivity index (χ3n) is 5.40. The Kier molecular flexibility index (Phi) is 3.58. The van der Waals surface area contributed by atoms with Crippen molar-refractivity contribution < 1.29 is 16.8 Å². The molecule has 0 aromatic rings. The second kappa shape index (κ2) is 4.45. The van der Waals surface area contributed by atoms with Crippen molar-refractivity contribution in [2.45, 2.75) is 51.0 Å². The largest absolute Gasteiger partial charge is 0.229 e. The Morgan fingerprint density at radius 2 is 1.16 bits per heavy atom. The van der Waals surface area contributed by atoms with E-state index >= 15 is 0 Å². The van der Waals surface area contributed by atoms with Crippen molar-refractivity contribution in [2.75, 3.05) is 11.5 Å². The lowest BCUT2D eigenvalue weighted by Crippen LogP contribution is -2.44. The second-order valence-corrected chi connectivity index (χ2v) is 11.5. The molecule has 2 fully saturated rings. The van der Waals surface area contributed by atoms with E-state index in [2.05, 4.69) is 13.8 Å². The molecule has 0 heterocycles. The summed E-state index contributed by atoms with van der Waals surface area (Å²) >= 11 is 0. The minimum absolute atomic E-state index is 0.0330. The van der Waals surface area contributed by atoms with Crippen molar-refractivity contribution in [1.29, 1.82) is 0 Å². The first-order chi connectivity index (χ1) is 8.58. The van der Waals surface area contributed by atoms with Crippen LogP contribution in [0.5, 0.6) is 0 Å². The quantitative estimate of drug-likeness (QED) is 0.792. The van der Waals surface area contributed by atoms with Crippen LogP contribution in [0, 0.1) is 17.3 Å². The van der Waals surface area contributed by atoms with Crippen molar-refractivity contribution in [3.05, 3.63) is 0 Å². The summed E-state index contributed by atoms with van der Waals surface area (Å²) in [4.78, 5) is 0. The molecule has 19 heavy (non-hydrogen) atoms. The zero-order valence-corrected chi connectivity index (χ0v) is 13.7. The summed E-state index contributed by atoms with van der Waals surface area (Å²) in [6.45, 7) is 7.46. The van der Waals surface area contributed by atoms with E-state index in [1.165, 1.54) is 0 Å². The van der Waals surface area contributed by atoms with Crippen molar-refractivity contribution in [2.24, 2.45) is 17.3 Å². The molecule has 0 bridgehead atoms. The van der Waals surface area contributed by atoms with E-state index in [1.54, 1.807) is 13.8 Å². The maximum absolute atomic E-state index is 12.2. The SMILES string of the molecule is CCS(=O)(=O)[C@@H]1C[C@@H]2[C@H](C[C@H]1S(=O)(=O)CC)C2(C)C. The predicted molar refractivity (Wildman–Crippen MR) is 76.5 cm³/mol. The van der Waals surface area contributed by atoms with E-state index in [0.29, 0.717) is 24.7 Å². The number of fused-ring (bicyclic) bond motifs is 1. The van der Waals surface area contributed by atoms with Crippen LogP contribution in [0.1, 0.15) is 40.5 Å². The van der Waals surface area contributed by atoms with Gasteiger partial charge in [0.25, 0.3) is 0 Å². The van der Waals surface area contributed by atoms with Gasteiger partial charge in [0.05, 0.1) is 10.5 Å². The normalized spacial score (nSPS) is 37.7. The van der Waals surface area contributed by atoms with Crippen LogP contribution in [-0.2, 0) is 19.7 Å². The molecule has 4 nitrogen and oxygen atoms in total. The molecule has 0 aromatic heterocycles. The molecule has 6 heteroatoms. The van der Waals surface area contributed by atoms with Gasteiger partial charge in [-0.25, -0.2) is 16.8 Å². The van der Waals surface area contributed by atoms with Crippen LogP contribution >= 0.6 is 0 Å². The smallest absolute Gasteiger partial charge is 0.154 e. The van der Waals surface area contributed by atoms with Crippen LogP contribution < -0.4 is 0 Å².